The number of carbonyl (C=O) groups is 2. The van der Waals surface area contributed by atoms with Crippen LogP contribution in [-0.2, 0) is 9.59 Å². The molecule has 8 heteroatoms. The zero-order valence-corrected chi connectivity index (χ0v) is 10.2. The first kappa shape index (κ1) is 11.7. The third-order valence-corrected chi connectivity index (χ3v) is 3.04. The lowest BCUT2D eigenvalue weighted by molar-refractivity contribution is -0.136. The number of nitrogens with zero attached hydrogens (tertiary/aromatic N) is 5. The van der Waals surface area contributed by atoms with Crippen LogP contribution in [0.3, 0.4) is 0 Å². The van der Waals surface area contributed by atoms with Gasteiger partial charge in [0.05, 0.1) is 5.92 Å². The van der Waals surface area contributed by atoms with E-state index in [-0.39, 0.29) is 11.8 Å². The largest absolute Gasteiger partial charge is 0.339 e. The molecule has 2 amide bonds. The normalized spacial score (nSPS) is 22.7. The number of amides is 2. The molecule has 1 aromatic heterocycles. The Labute approximate surface area is 108 Å². The number of aromatic nitrogens is 2. The highest BCUT2D eigenvalue weighted by molar-refractivity contribution is 5.92. The molecule has 0 spiro atoms. The van der Waals surface area contributed by atoms with Crippen molar-refractivity contribution in [1.82, 2.24) is 15.0 Å². The monoisotopic (exact) mass is 261 g/mol. The number of hydrogen-bond acceptors (Lipinski definition) is 6. The summed E-state index contributed by atoms with van der Waals surface area (Å²) in [5.41, 5.74) is 0. The van der Waals surface area contributed by atoms with E-state index in [0.717, 1.165) is 0 Å². The standard InChI is InChI=1S/C11H11N5O3/c1-6-12-10(19-15-6)7-4-16(5-7)11(18)8-2-3-9(17)14-13-8/h2-3,7-8H,4-5H2,1H3. The molecular weight excluding hydrogens is 250 g/mol. The van der Waals surface area contributed by atoms with Crippen molar-refractivity contribution in [3.63, 3.8) is 0 Å². The molecule has 0 radical (unpaired) electrons. The van der Waals surface area contributed by atoms with E-state index in [1.807, 2.05) is 0 Å². The molecule has 98 valence electrons. The van der Waals surface area contributed by atoms with Crippen molar-refractivity contribution in [2.45, 2.75) is 18.9 Å². The Hall–Kier alpha value is -2.38. The molecule has 1 saturated heterocycles. The molecule has 1 atom stereocenters. The predicted molar refractivity (Wildman–Crippen MR) is 61.1 cm³/mol. The number of likely N-dealkylation sites (tertiary alicyclic amines) is 1. The third kappa shape index (κ3) is 2.16. The summed E-state index contributed by atoms with van der Waals surface area (Å²) in [5, 5.41) is 10.7. The Balaban J connectivity index is 1.59. The van der Waals surface area contributed by atoms with Crippen LogP contribution in [0, 0.1) is 6.92 Å². The molecular formula is C11H11N5O3. The zero-order chi connectivity index (χ0) is 13.4. The summed E-state index contributed by atoms with van der Waals surface area (Å²) in [6.07, 6.45) is 2.72. The van der Waals surface area contributed by atoms with Crippen LogP contribution in [0.15, 0.2) is 26.9 Å². The highest BCUT2D eigenvalue weighted by Crippen LogP contribution is 2.26. The Kier molecular flexibility index (Phi) is 2.69. The maximum absolute atomic E-state index is 12.0. The van der Waals surface area contributed by atoms with Crippen molar-refractivity contribution < 1.29 is 14.1 Å². The highest BCUT2D eigenvalue weighted by atomic mass is 16.5. The van der Waals surface area contributed by atoms with Crippen molar-refractivity contribution in [3.05, 3.63) is 23.9 Å². The van der Waals surface area contributed by atoms with Gasteiger partial charge in [-0.15, -0.1) is 5.11 Å². The quantitative estimate of drug-likeness (QED) is 0.758. The second kappa shape index (κ2) is 4.38. The Morgan fingerprint density at radius 1 is 1.47 bits per heavy atom. The van der Waals surface area contributed by atoms with Gasteiger partial charge >= 0.3 is 0 Å². The van der Waals surface area contributed by atoms with Gasteiger partial charge in [0.2, 0.25) is 5.89 Å². The molecule has 1 fully saturated rings. The summed E-state index contributed by atoms with van der Waals surface area (Å²) < 4.78 is 5.06. The first-order chi connectivity index (χ1) is 9.13. The average molecular weight is 261 g/mol. The van der Waals surface area contributed by atoms with Crippen LogP contribution in [0.25, 0.3) is 0 Å². The summed E-state index contributed by atoms with van der Waals surface area (Å²) in [6.45, 7) is 2.79. The Morgan fingerprint density at radius 2 is 2.26 bits per heavy atom. The van der Waals surface area contributed by atoms with Gasteiger partial charge in [0, 0.05) is 19.2 Å². The van der Waals surface area contributed by atoms with Gasteiger partial charge in [-0.2, -0.15) is 10.1 Å². The van der Waals surface area contributed by atoms with Crippen LogP contribution in [0.2, 0.25) is 0 Å². The molecule has 3 heterocycles. The van der Waals surface area contributed by atoms with Crippen LogP contribution >= 0.6 is 0 Å². The van der Waals surface area contributed by atoms with Gasteiger partial charge in [-0.1, -0.05) is 5.16 Å². The van der Waals surface area contributed by atoms with E-state index in [1.54, 1.807) is 11.8 Å². The van der Waals surface area contributed by atoms with Gasteiger partial charge in [0.1, 0.15) is 0 Å². The van der Waals surface area contributed by atoms with E-state index in [1.165, 1.54) is 12.2 Å². The first-order valence-electron chi connectivity index (χ1n) is 5.85. The summed E-state index contributed by atoms with van der Waals surface area (Å²) >= 11 is 0. The predicted octanol–water partition coefficient (Wildman–Crippen LogP) is 0.221. The van der Waals surface area contributed by atoms with Gasteiger partial charge in [-0.05, 0) is 13.0 Å². The fourth-order valence-corrected chi connectivity index (χ4v) is 1.98. The van der Waals surface area contributed by atoms with Crippen molar-refractivity contribution in [1.29, 1.82) is 0 Å². The molecule has 3 rings (SSSR count). The van der Waals surface area contributed by atoms with E-state index in [9.17, 15) is 9.59 Å². The van der Waals surface area contributed by atoms with Gasteiger partial charge in [0.25, 0.3) is 11.8 Å². The fourth-order valence-electron chi connectivity index (χ4n) is 1.98. The van der Waals surface area contributed by atoms with E-state index in [2.05, 4.69) is 20.4 Å². The smallest absolute Gasteiger partial charge is 0.287 e. The van der Waals surface area contributed by atoms with Crippen LogP contribution in [0.5, 0.6) is 0 Å². The van der Waals surface area contributed by atoms with Crippen molar-refractivity contribution >= 4 is 11.8 Å². The first-order valence-corrected chi connectivity index (χ1v) is 5.85. The molecule has 0 N–H and O–H groups in total. The number of azo groups is 1. The Bertz CT molecular complexity index is 569. The molecule has 0 bridgehead atoms. The lowest BCUT2D eigenvalue weighted by atomic mass is 9.99. The van der Waals surface area contributed by atoms with Gasteiger partial charge < -0.3 is 9.42 Å². The number of aryl methyl sites for hydroxylation is 1. The molecule has 8 nitrogen and oxygen atoms in total. The van der Waals surface area contributed by atoms with Crippen molar-refractivity contribution in [2.75, 3.05) is 13.1 Å². The molecule has 2 aliphatic heterocycles. The average Bonchev–Trinajstić information content (AvgIpc) is 2.74. The summed E-state index contributed by atoms with van der Waals surface area (Å²) in [4.78, 5) is 28.6. The van der Waals surface area contributed by atoms with Gasteiger partial charge in [-0.25, -0.2) is 0 Å². The number of rotatable bonds is 2. The maximum atomic E-state index is 12.0. The van der Waals surface area contributed by atoms with Crippen LogP contribution in [0.1, 0.15) is 17.6 Å². The third-order valence-electron chi connectivity index (χ3n) is 3.04. The van der Waals surface area contributed by atoms with E-state index in [0.29, 0.717) is 24.8 Å². The van der Waals surface area contributed by atoms with Crippen molar-refractivity contribution in [3.8, 4) is 0 Å². The zero-order valence-electron chi connectivity index (χ0n) is 10.2. The number of carbonyl (C=O) groups excluding carboxylic acids is 2. The molecule has 1 aromatic rings. The summed E-state index contributed by atoms with van der Waals surface area (Å²) in [7, 11) is 0. The minimum atomic E-state index is -0.692. The minimum absolute atomic E-state index is 0.0799. The maximum Gasteiger partial charge on any atom is 0.287 e. The van der Waals surface area contributed by atoms with E-state index >= 15 is 0 Å². The molecule has 1 unspecified atom stereocenters. The summed E-state index contributed by atoms with van der Waals surface area (Å²) in [6, 6.07) is -0.692. The second-order valence-electron chi connectivity index (χ2n) is 4.48. The van der Waals surface area contributed by atoms with Gasteiger partial charge in [-0.3, -0.25) is 9.59 Å². The second-order valence-corrected chi connectivity index (χ2v) is 4.48. The fraction of sp³-hybridized carbons (Fsp3) is 0.455. The highest BCUT2D eigenvalue weighted by Gasteiger charge is 2.38. The van der Waals surface area contributed by atoms with Gasteiger partial charge in [0.15, 0.2) is 11.9 Å². The molecule has 0 saturated carbocycles. The van der Waals surface area contributed by atoms with Crippen LogP contribution in [-0.4, -0.2) is 46.0 Å². The van der Waals surface area contributed by atoms with Crippen LogP contribution < -0.4 is 0 Å². The molecule has 2 aliphatic rings. The molecule has 19 heavy (non-hydrogen) atoms. The number of hydrogen-bond donors (Lipinski definition) is 0. The molecule has 0 aromatic carbocycles. The summed E-state index contributed by atoms with van der Waals surface area (Å²) in [5.74, 6) is 0.614. The molecule has 0 aliphatic carbocycles. The van der Waals surface area contributed by atoms with E-state index in [4.69, 9.17) is 4.52 Å². The van der Waals surface area contributed by atoms with Crippen LogP contribution in [0.4, 0.5) is 0 Å². The van der Waals surface area contributed by atoms with Crippen molar-refractivity contribution in [2.24, 2.45) is 10.2 Å². The van der Waals surface area contributed by atoms with E-state index < -0.39 is 11.9 Å². The Morgan fingerprint density at radius 3 is 2.84 bits per heavy atom. The lowest BCUT2D eigenvalue weighted by Gasteiger charge is -2.37. The topological polar surface area (TPSA) is 101 Å². The minimum Gasteiger partial charge on any atom is -0.339 e. The SMILES string of the molecule is Cc1noc(C2CN(C(=O)C3C=CC(=O)N=N3)C2)n1. The lowest BCUT2D eigenvalue weighted by Crippen LogP contribution is -2.51.